The van der Waals surface area contributed by atoms with E-state index in [9.17, 15) is 14.7 Å². The number of phenolic OH excluding ortho intramolecular Hbond substituents is 1. The van der Waals surface area contributed by atoms with Gasteiger partial charge < -0.3 is 9.84 Å². The fourth-order valence-electron chi connectivity index (χ4n) is 1.35. The molecule has 0 heterocycles. The Balaban J connectivity index is 2.82. The smallest absolute Gasteiger partial charge is 0.330 e. The average molecular weight is 265 g/mol. The van der Waals surface area contributed by atoms with Crippen LogP contribution in [0.15, 0.2) is 24.3 Å². The lowest BCUT2D eigenvalue weighted by Crippen LogP contribution is -2.21. The van der Waals surface area contributed by atoms with Gasteiger partial charge in [0.1, 0.15) is 5.75 Å². The minimum atomic E-state index is -0.555. The molecule has 0 saturated heterocycles. The lowest BCUT2D eigenvalue weighted by Gasteiger charge is -2.05. The second-order valence-electron chi connectivity index (χ2n) is 3.50. The Bertz CT molecular complexity index is 496. The number of aromatic hydroxyl groups is 1. The Morgan fingerprint density at radius 3 is 2.74 bits per heavy atom. The van der Waals surface area contributed by atoms with Crippen LogP contribution in [0.4, 0.5) is 0 Å². The summed E-state index contributed by atoms with van der Waals surface area (Å²) in [6, 6.07) is 4.37. The molecule has 0 bridgehead atoms. The van der Waals surface area contributed by atoms with Crippen LogP contribution in [0.3, 0.4) is 0 Å². The van der Waals surface area contributed by atoms with Crippen LogP contribution in [-0.2, 0) is 14.4 Å². The molecule has 0 aliphatic heterocycles. The van der Waals surface area contributed by atoms with E-state index in [1.165, 1.54) is 31.4 Å². The van der Waals surface area contributed by atoms with Crippen molar-refractivity contribution in [3.05, 3.63) is 35.4 Å². The van der Waals surface area contributed by atoms with Gasteiger partial charge in [-0.05, 0) is 30.7 Å². The normalized spacial score (nSPS) is 10.4. The molecule has 1 aromatic carbocycles. The molecule has 0 aromatic heterocycles. The summed E-state index contributed by atoms with van der Waals surface area (Å²) >= 11 is 0. The molecule has 0 saturated carbocycles. The molecule has 0 spiro atoms. The van der Waals surface area contributed by atoms with Gasteiger partial charge in [-0.25, -0.2) is 10.3 Å². The number of ether oxygens (including phenoxy) is 1. The van der Waals surface area contributed by atoms with Gasteiger partial charge in [-0.1, -0.05) is 6.07 Å². The van der Waals surface area contributed by atoms with Crippen molar-refractivity contribution in [3.63, 3.8) is 0 Å². The number of hydrogen-bond acceptors (Lipinski definition) is 5. The predicted molar refractivity (Wildman–Crippen MR) is 68.2 cm³/mol. The van der Waals surface area contributed by atoms with Crippen LogP contribution in [0.2, 0.25) is 0 Å². The molecule has 2 N–H and O–H groups in total. The van der Waals surface area contributed by atoms with Gasteiger partial charge in [-0.15, -0.1) is 0 Å². The summed E-state index contributed by atoms with van der Waals surface area (Å²) in [5, 5.41) is 9.69. The molecule has 0 fully saturated rings. The highest BCUT2D eigenvalue weighted by molar-refractivity contribution is 5.96. The van der Waals surface area contributed by atoms with Crippen LogP contribution < -0.4 is 5.48 Å². The third-order valence-corrected chi connectivity index (χ3v) is 2.16. The molecule has 0 atom stereocenters. The highest BCUT2D eigenvalue weighted by Crippen LogP contribution is 2.19. The molecule has 6 heteroatoms. The van der Waals surface area contributed by atoms with Crippen molar-refractivity contribution in [3.8, 4) is 5.75 Å². The first-order valence-electron chi connectivity index (χ1n) is 5.59. The maximum absolute atomic E-state index is 11.4. The minimum Gasteiger partial charge on any atom is -0.507 e. The largest absolute Gasteiger partial charge is 0.507 e. The maximum atomic E-state index is 11.4. The van der Waals surface area contributed by atoms with E-state index in [0.29, 0.717) is 12.2 Å². The second-order valence-corrected chi connectivity index (χ2v) is 3.50. The highest BCUT2D eigenvalue weighted by Gasteiger charge is 2.10. The highest BCUT2D eigenvalue weighted by atomic mass is 16.6. The molecule has 0 radical (unpaired) electrons. The number of rotatable bonds is 5. The molecular formula is C13H15NO5. The number of esters is 1. The van der Waals surface area contributed by atoms with Gasteiger partial charge in [0.15, 0.2) is 0 Å². The van der Waals surface area contributed by atoms with Crippen molar-refractivity contribution in [1.29, 1.82) is 0 Å². The van der Waals surface area contributed by atoms with Crippen LogP contribution in [0.5, 0.6) is 5.75 Å². The lowest BCUT2D eigenvalue weighted by molar-refractivity contribution is -0.137. The number of amides is 1. The van der Waals surface area contributed by atoms with Gasteiger partial charge in [0.05, 0.1) is 19.3 Å². The summed E-state index contributed by atoms with van der Waals surface area (Å²) in [7, 11) is 1.30. The lowest BCUT2D eigenvalue weighted by atomic mass is 10.1. The summed E-state index contributed by atoms with van der Waals surface area (Å²) in [4.78, 5) is 27.0. The number of carbonyl (C=O) groups excluding carboxylic acids is 2. The first-order valence-corrected chi connectivity index (χ1v) is 5.59. The van der Waals surface area contributed by atoms with E-state index in [1.54, 1.807) is 13.0 Å². The quantitative estimate of drug-likeness (QED) is 0.475. The zero-order valence-electron chi connectivity index (χ0n) is 10.7. The van der Waals surface area contributed by atoms with E-state index in [1.807, 2.05) is 0 Å². The van der Waals surface area contributed by atoms with Gasteiger partial charge in [0, 0.05) is 6.08 Å². The number of hydroxylamine groups is 1. The molecule has 6 nitrogen and oxygen atoms in total. The summed E-state index contributed by atoms with van der Waals surface area (Å²) in [5.74, 6) is -1.23. The fourth-order valence-corrected chi connectivity index (χ4v) is 1.35. The molecule has 19 heavy (non-hydrogen) atoms. The first-order chi connectivity index (χ1) is 9.08. The molecule has 1 rings (SSSR count). The Kier molecular flexibility index (Phi) is 5.56. The summed E-state index contributed by atoms with van der Waals surface area (Å²) in [5.41, 5.74) is 2.75. The van der Waals surface area contributed by atoms with Crippen LogP contribution in [0.25, 0.3) is 6.08 Å². The third kappa shape index (κ3) is 4.44. The number of benzene rings is 1. The van der Waals surface area contributed by atoms with E-state index >= 15 is 0 Å². The van der Waals surface area contributed by atoms with E-state index < -0.39 is 11.9 Å². The van der Waals surface area contributed by atoms with Crippen molar-refractivity contribution in [1.82, 2.24) is 5.48 Å². The van der Waals surface area contributed by atoms with Crippen molar-refractivity contribution in [2.24, 2.45) is 0 Å². The monoisotopic (exact) mass is 265 g/mol. The topological polar surface area (TPSA) is 84.9 Å². The van der Waals surface area contributed by atoms with E-state index in [-0.39, 0.29) is 11.3 Å². The Labute approximate surface area is 110 Å². The van der Waals surface area contributed by atoms with Crippen LogP contribution in [0, 0.1) is 0 Å². The summed E-state index contributed by atoms with van der Waals surface area (Å²) in [6.45, 7) is 2.01. The minimum absolute atomic E-state index is 0.0788. The van der Waals surface area contributed by atoms with Gasteiger partial charge >= 0.3 is 5.97 Å². The average Bonchev–Trinajstić information content (AvgIpc) is 2.37. The molecule has 1 amide bonds. The Hall–Kier alpha value is -2.34. The Morgan fingerprint density at radius 2 is 2.16 bits per heavy atom. The van der Waals surface area contributed by atoms with Crippen LogP contribution >= 0.6 is 0 Å². The number of hydrogen-bond donors (Lipinski definition) is 2. The van der Waals surface area contributed by atoms with E-state index in [0.717, 1.165) is 0 Å². The molecule has 0 aliphatic carbocycles. The molecule has 102 valence electrons. The predicted octanol–water partition coefficient (Wildman–Crippen LogP) is 1.26. The number of carbonyl (C=O) groups is 2. The zero-order valence-corrected chi connectivity index (χ0v) is 10.7. The standard InChI is InChI=1S/C13H15NO5/c1-3-19-12(16)7-5-9-4-6-10(11(15)8-9)13(17)14-18-2/h4-8,15H,3H2,1-2H3,(H,14,17). The van der Waals surface area contributed by atoms with E-state index in [4.69, 9.17) is 4.74 Å². The van der Waals surface area contributed by atoms with Crippen molar-refractivity contribution in [2.75, 3.05) is 13.7 Å². The SMILES string of the molecule is CCOC(=O)C=Cc1ccc(C(=O)NOC)c(O)c1. The second kappa shape index (κ2) is 7.17. The fraction of sp³-hybridized carbons (Fsp3) is 0.231. The summed E-state index contributed by atoms with van der Waals surface area (Å²) < 4.78 is 4.72. The van der Waals surface area contributed by atoms with Gasteiger partial charge in [-0.2, -0.15) is 0 Å². The molecular weight excluding hydrogens is 250 g/mol. The molecule has 0 unspecified atom stereocenters. The van der Waals surface area contributed by atoms with Gasteiger partial charge in [-0.3, -0.25) is 9.63 Å². The number of phenols is 1. The maximum Gasteiger partial charge on any atom is 0.330 e. The van der Waals surface area contributed by atoms with E-state index in [2.05, 4.69) is 10.3 Å². The van der Waals surface area contributed by atoms with Crippen LogP contribution in [0.1, 0.15) is 22.8 Å². The molecule has 1 aromatic rings. The summed E-state index contributed by atoms with van der Waals surface area (Å²) in [6.07, 6.45) is 2.73. The van der Waals surface area contributed by atoms with Crippen molar-refractivity contribution in [2.45, 2.75) is 6.92 Å². The number of nitrogens with one attached hydrogen (secondary N) is 1. The Morgan fingerprint density at radius 1 is 1.42 bits per heavy atom. The van der Waals surface area contributed by atoms with Crippen molar-refractivity contribution < 1.29 is 24.3 Å². The molecule has 0 aliphatic rings. The van der Waals surface area contributed by atoms with Gasteiger partial charge in [0.2, 0.25) is 0 Å². The van der Waals surface area contributed by atoms with Crippen molar-refractivity contribution >= 4 is 18.0 Å². The van der Waals surface area contributed by atoms with Crippen LogP contribution in [-0.4, -0.2) is 30.7 Å². The third-order valence-electron chi connectivity index (χ3n) is 2.16. The van der Waals surface area contributed by atoms with Gasteiger partial charge in [0.25, 0.3) is 5.91 Å². The first kappa shape index (κ1) is 14.7. The zero-order chi connectivity index (χ0) is 14.3.